The Kier molecular flexibility index (Phi) is 6.89. The zero-order valence-corrected chi connectivity index (χ0v) is 25.4. The minimum atomic E-state index is -5.04. The van der Waals surface area contributed by atoms with E-state index >= 15 is 0 Å². The second-order valence-corrected chi connectivity index (χ2v) is 13.1. The summed E-state index contributed by atoms with van der Waals surface area (Å²) in [5.41, 5.74) is -3.66. The summed E-state index contributed by atoms with van der Waals surface area (Å²) in [7, 11) is 0. The molecule has 0 spiro atoms. The Hall–Kier alpha value is -4.41. The zero-order valence-electron chi connectivity index (χ0n) is 25.4. The second-order valence-electron chi connectivity index (χ2n) is 13.1. The highest BCUT2D eigenvalue weighted by molar-refractivity contribution is 5.97. The lowest BCUT2D eigenvalue weighted by molar-refractivity contribution is -0.142. The second kappa shape index (κ2) is 10.8. The van der Waals surface area contributed by atoms with E-state index < -0.39 is 34.7 Å². The third-order valence-electron chi connectivity index (χ3n) is 10.3. The lowest BCUT2D eigenvalue weighted by atomic mass is 9.95. The predicted octanol–water partition coefficient (Wildman–Crippen LogP) is 4.73. The van der Waals surface area contributed by atoms with E-state index in [9.17, 15) is 27.5 Å². The molecule has 4 fully saturated rings. The molecule has 8 rings (SSSR count). The van der Waals surface area contributed by atoms with Gasteiger partial charge in [-0.3, -0.25) is 14.3 Å². The average Bonchev–Trinajstić information content (AvgIpc) is 3.72. The Morgan fingerprint density at radius 3 is 2.49 bits per heavy atom. The fourth-order valence-corrected chi connectivity index (χ4v) is 8.25. The zero-order chi connectivity index (χ0) is 32.7. The van der Waals surface area contributed by atoms with Gasteiger partial charge < -0.3 is 20.1 Å². The first-order valence-corrected chi connectivity index (χ1v) is 15.9. The number of aromatic nitrogens is 3. The van der Waals surface area contributed by atoms with Crippen molar-refractivity contribution in [3.63, 3.8) is 0 Å². The van der Waals surface area contributed by atoms with Crippen molar-refractivity contribution in [3.8, 4) is 29.8 Å². The molecular weight excluding hydrogens is 616 g/mol. The Balaban J connectivity index is 1.37. The first kappa shape index (κ1) is 30.0. The molecule has 2 bridgehead atoms. The summed E-state index contributed by atoms with van der Waals surface area (Å²) in [5.74, 6) is 1.12. The van der Waals surface area contributed by atoms with Gasteiger partial charge in [-0.05, 0) is 75.2 Å². The molecule has 2 aromatic heterocycles. The fourth-order valence-electron chi connectivity index (χ4n) is 8.25. The molecule has 0 amide bonds. The van der Waals surface area contributed by atoms with Crippen LogP contribution in [-0.4, -0.2) is 75.0 Å². The fraction of sp³-hybridized carbons (Fsp3) is 0.441. The number of alkyl halides is 3. The Labute approximate surface area is 267 Å². The first-order chi connectivity index (χ1) is 22.5. The van der Waals surface area contributed by atoms with E-state index in [1.165, 1.54) is 12.1 Å². The van der Waals surface area contributed by atoms with Gasteiger partial charge in [0.25, 0.3) is 5.56 Å². The van der Waals surface area contributed by atoms with Gasteiger partial charge in [-0.1, -0.05) is 12.0 Å². The minimum absolute atomic E-state index is 0.0680. The summed E-state index contributed by atoms with van der Waals surface area (Å²) in [5, 5.41) is 14.0. The van der Waals surface area contributed by atoms with Crippen molar-refractivity contribution in [1.29, 1.82) is 0 Å². The Morgan fingerprint density at radius 1 is 1.09 bits per heavy atom. The molecule has 4 aliphatic heterocycles. The molecule has 13 heteroatoms. The van der Waals surface area contributed by atoms with Crippen molar-refractivity contribution in [3.05, 3.63) is 57.8 Å². The number of rotatable bonds is 5. The number of hydrogen-bond donors (Lipinski definition) is 2. The molecular formula is C34H32F4N6O3. The number of fused-ring (bicyclic) bond motifs is 5. The monoisotopic (exact) mass is 648 g/mol. The minimum Gasteiger partial charge on any atom is -0.508 e. The van der Waals surface area contributed by atoms with Crippen LogP contribution in [0.5, 0.6) is 11.8 Å². The van der Waals surface area contributed by atoms with Gasteiger partial charge in [0.2, 0.25) is 0 Å². The van der Waals surface area contributed by atoms with E-state index in [1.807, 2.05) is 4.90 Å². The summed E-state index contributed by atoms with van der Waals surface area (Å²) >= 11 is 0. The lowest BCUT2D eigenvalue weighted by Gasteiger charge is -2.35. The van der Waals surface area contributed by atoms with E-state index in [1.54, 1.807) is 0 Å². The van der Waals surface area contributed by atoms with Crippen LogP contribution in [0.25, 0.3) is 27.4 Å². The molecule has 9 nitrogen and oxygen atoms in total. The number of terminal acetylenes is 1. The number of nitrogens with zero attached hydrogens (tertiary/aromatic N) is 5. The molecule has 4 aromatic rings. The van der Waals surface area contributed by atoms with Crippen molar-refractivity contribution >= 4 is 27.5 Å². The van der Waals surface area contributed by atoms with Crippen LogP contribution < -0.4 is 20.5 Å². The van der Waals surface area contributed by atoms with Gasteiger partial charge >= 0.3 is 12.2 Å². The van der Waals surface area contributed by atoms with E-state index in [4.69, 9.17) is 11.2 Å². The number of nitrogens with one attached hydrogen (secondary N) is 1. The molecule has 2 N–H and O–H groups in total. The summed E-state index contributed by atoms with van der Waals surface area (Å²) in [4.78, 5) is 27.9. The van der Waals surface area contributed by atoms with Gasteiger partial charge in [0.05, 0.1) is 22.2 Å². The maximum atomic E-state index is 15.0. The lowest BCUT2D eigenvalue weighted by Crippen LogP contribution is -2.51. The number of hydrogen-bond acceptors (Lipinski definition) is 8. The number of anilines is 1. The van der Waals surface area contributed by atoms with E-state index in [2.05, 4.69) is 26.1 Å². The Bertz CT molecular complexity index is 2020. The molecule has 4 saturated heterocycles. The third kappa shape index (κ3) is 4.88. The normalized spacial score (nSPS) is 22.2. The van der Waals surface area contributed by atoms with Crippen LogP contribution in [0.15, 0.2) is 35.1 Å². The molecule has 4 aliphatic rings. The van der Waals surface area contributed by atoms with Crippen molar-refractivity contribution in [1.82, 2.24) is 24.8 Å². The first-order valence-electron chi connectivity index (χ1n) is 15.9. The van der Waals surface area contributed by atoms with Crippen LogP contribution in [0.1, 0.15) is 49.8 Å². The largest absolute Gasteiger partial charge is 0.508 e. The summed E-state index contributed by atoms with van der Waals surface area (Å²) in [6.07, 6.45) is 6.40. The van der Waals surface area contributed by atoms with Crippen molar-refractivity contribution in [2.75, 3.05) is 37.7 Å². The van der Waals surface area contributed by atoms with Crippen molar-refractivity contribution in [2.45, 2.75) is 62.3 Å². The maximum Gasteiger partial charge on any atom is 0.431 e. The van der Waals surface area contributed by atoms with Crippen molar-refractivity contribution in [2.24, 2.45) is 0 Å². The number of piperazine rings is 1. The molecule has 2 aromatic carbocycles. The predicted molar refractivity (Wildman–Crippen MR) is 168 cm³/mol. The van der Waals surface area contributed by atoms with E-state index in [-0.39, 0.29) is 56.7 Å². The number of phenolic OH excluding ortho intramolecular Hbond substituents is 1. The number of pyridine rings is 1. The van der Waals surface area contributed by atoms with E-state index in [0.717, 1.165) is 69.8 Å². The molecule has 47 heavy (non-hydrogen) atoms. The van der Waals surface area contributed by atoms with Gasteiger partial charge in [0.1, 0.15) is 35.2 Å². The molecule has 2 atom stereocenters. The highest BCUT2D eigenvalue weighted by Crippen LogP contribution is 2.41. The quantitative estimate of drug-likeness (QED) is 0.237. The number of aromatic hydroxyl groups is 1. The molecule has 0 aliphatic carbocycles. The van der Waals surface area contributed by atoms with Gasteiger partial charge in [-0.25, -0.2) is 4.39 Å². The molecule has 6 heterocycles. The van der Waals surface area contributed by atoms with Gasteiger partial charge in [-0.2, -0.15) is 23.1 Å². The number of ether oxygens (including phenoxy) is 1. The average molecular weight is 649 g/mol. The van der Waals surface area contributed by atoms with Crippen LogP contribution >= 0.6 is 0 Å². The molecule has 0 radical (unpaired) electrons. The van der Waals surface area contributed by atoms with E-state index in [0.29, 0.717) is 24.3 Å². The van der Waals surface area contributed by atoms with Crippen LogP contribution in [0.3, 0.4) is 0 Å². The third-order valence-corrected chi connectivity index (χ3v) is 10.3. The van der Waals surface area contributed by atoms with Crippen LogP contribution in [0.2, 0.25) is 0 Å². The van der Waals surface area contributed by atoms with Crippen LogP contribution in [0.4, 0.5) is 23.4 Å². The Morgan fingerprint density at radius 2 is 1.81 bits per heavy atom. The highest BCUT2D eigenvalue weighted by atomic mass is 19.4. The van der Waals surface area contributed by atoms with Gasteiger partial charge in [0, 0.05) is 36.6 Å². The van der Waals surface area contributed by atoms with Gasteiger partial charge in [-0.15, -0.1) is 6.42 Å². The van der Waals surface area contributed by atoms with Crippen LogP contribution in [-0.2, 0) is 6.18 Å². The SMILES string of the molecule is C#Cc1c(F)ccc2cc(O)cc(-n3c(C(F)(F)F)cc4c(N5C[C@H]6CC[C@@H](C5)N6)nc(OCC56CCCN5CCC6)nc4c3=O)c12. The van der Waals surface area contributed by atoms with Gasteiger partial charge in [0.15, 0.2) is 0 Å². The summed E-state index contributed by atoms with van der Waals surface area (Å²) in [6, 6.07) is 5.60. The summed E-state index contributed by atoms with van der Waals surface area (Å²) in [6.45, 7) is 3.22. The molecule has 0 unspecified atom stereocenters. The maximum absolute atomic E-state index is 15.0. The van der Waals surface area contributed by atoms with Crippen LogP contribution in [0, 0.1) is 18.2 Å². The molecule has 0 saturated carbocycles. The number of phenols is 1. The highest BCUT2D eigenvalue weighted by Gasteiger charge is 2.45. The topological polar surface area (TPSA) is 95.8 Å². The van der Waals surface area contributed by atoms with Crippen molar-refractivity contribution < 1.29 is 27.4 Å². The summed E-state index contributed by atoms with van der Waals surface area (Å²) < 4.78 is 66.5. The smallest absolute Gasteiger partial charge is 0.431 e. The molecule has 244 valence electrons. The number of halogens is 4. The standard InChI is InChI=1S/C34H32F4N6O3/c1-2-23-25(35)8-5-19-13-22(45)14-26(28(19)23)44-27(34(36,37)38)15-24-29(31(44)46)40-32(47-18-33-9-3-11-43(33)12-4-10-33)41-30(24)42-16-20-6-7-21(17-42)39-20/h1,5,8,13-15,20-21,39,45H,3-4,6-7,9-12,16-18H2/t20-,21+. The number of benzene rings is 2.